The van der Waals surface area contributed by atoms with Gasteiger partial charge in [-0.15, -0.1) is 11.3 Å². The van der Waals surface area contributed by atoms with Gasteiger partial charge in [-0.3, -0.25) is 4.57 Å². The molecule has 0 aliphatic carbocycles. The summed E-state index contributed by atoms with van der Waals surface area (Å²) in [5.74, 6) is 1.67. The van der Waals surface area contributed by atoms with Crippen LogP contribution in [0.5, 0.6) is 0 Å². The van der Waals surface area contributed by atoms with Crippen molar-refractivity contribution >= 4 is 11.3 Å². The Morgan fingerprint density at radius 2 is 2.20 bits per heavy atom. The van der Waals surface area contributed by atoms with Crippen LogP contribution in [-0.4, -0.2) is 14.5 Å². The minimum absolute atomic E-state index is 0.745. The highest BCUT2D eigenvalue weighted by atomic mass is 32.1. The van der Waals surface area contributed by atoms with Gasteiger partial charge in [-0.1, -0.05) is 6.07 Å². The maximum absolute atomic E-state index is 5.49. The largest absolute Gasteiger partial charge is 0.463 e. The number of H-pyrrole nitrogens is 1. The molecule has 1 N–H and O–H groups in total. The Labute approximate surface area is 119 Å². The molecule has 0 atom stereocenters. The van der Waals surface area contributed by atoms with E-state index in [0.29, 0.717) is 0 Å². The van der Waals surface area contributed by atoms with Gasteiger partial charge in [0.1, 0.15) is 11.5 Å². The molecule has 0 bridgehead atoms. The molecule has 5 heteroatoms. The zero-order valence-electron chi connectivity index (χ0n) is 10.4. The average Bonchev–Trinajstić information content (AvgIpc) is 3.23. The molecule has 20 heavy (non-hydrogen) atoms. The fourth-order valence-corrected chi connectivity index (χ4v) is 2.93. The molecule has 97 valence electrons. The standard InChI is InChI=1S/C15H10N3OS/c1-6-13(16-7-1)18-10-17-14(11-4-2-8-19-11)15(18)12-5-3-9-20-12/h1-9,16H. The number of imidazole rings is 1. The van der Waals surface area contributed by atoms with E-state index >= 15 is 0 Å². The van der Waals surface area contributed by atoms with Gasteiger partial charge >= 0.3 is 0 Å². The lowest BCUT2D eigenvalue weighted by Gasteiger charge is -2.05. The number of furan rings is 1. The molecule has 0 unspecified atom stereocenters. The summed E-state index contributed by atoms with van der Waals surface area (Å²) in [4.78, 5) is 8.71. The van der Waals surface area contributed by atoms with Gasteiger partial charge in [0, 0.05) is 6.20 Å². The van der Waals surface area contributed by atoms with E-state index in [1.54, 1.807) is 17.6 Å². The lowest BCUT2D eigenvalue weighted by Crippen LogP contribution is -1.95. The molecule has 4 nitrogen and oxygen atoms in total. The molecule has 0 fully saturated rings. The monoisotopic (exact) mass is 280 g/mol. The second kappa shape index (κ2) is 4.54. The summed E-state index contributed by atoms with van der Waals surface area (Å²) >= 11 is 1.67. The van der Waals surface area contributed by atoms with Gasteiger partial charge in [0.25, 0.3) is 0 Å². The summed E-state index contributed by atoms with van der Waals surface area (Å²) in [6.45, 7) is 0. The average molecular weight is 280 g/mol. The Morgan fingerprint density at radius 1 is 1.20 bits per heavy atom. The third kappa shape index (κ3) is 1.71. The van der Waals surface area contributed by atoms with Crippen LogP contribution in [0.4, 0.5) is 0 Å². The molecule has 0 aliphatic rings. The van der Waals surface area contributed by atoms with E-state index in [2.05, 4.69) is 22.4 Å². The van der Waals surface area contributed by atoms with Crippen LogP contribution in [0, 0.1) is 6.33 Å². The first kappa shape index (κ1) is 11.3. The predicted molar refractivity (Wildman–Crippen MR) is 77.8 cm³/mol. The Hall–Kier alpha value is -2.53. The molecule has 1 radical (unpaired) electrons. The van der Waals surface area contributed by atoms with E-state index < -0.39 is 0 Å². The molecule has 0 aromatic carbocycles. The molecule has 4 heterocycles. The van der Waals surface area contributed by atoms with Gasteiger partial charge in [-0.2, -0.15) is 0 Å². The number of aromatic amines is 1. The molecule has 0 amide bonds. The zero-order chi connectivity index (χ0) is 13.4. The molecule has 4 rings (SSSR count). The molecule has 0 aliphatic heterocycles. The van der Waals surface area contributed by atoms with E-state index in [0.717, 1.165) is 27.8 Å². The summed E-state index contributed by atoms with van der Waals surface area (Å²) in [6.07, 6.45) is 6.57. The maximum atomic E-state index is 5.49. The number of thiophene rings is 1. The summed E-state index contributed by atoms with van der Waals surface area (Å²) in [7, 11) is 0. The third-order valence-electron chi connectivity index (χ3n) is 3.04. The highest BCUT2D eigenvalue weighted by Gasteiger charge is 2.19. The maximum Gasteiger partial charge on any atom is 0.183 e. The number of nitrogens with zero attached hydrogens (tertiary/aromatic N) is 2. The fourth-order valence-electron chi connectivity index (χ4n) is 2.17. The second-order valence-corrected chi connectivity index (χ2v) is 5.20. The van der Waals surface area contributed by atoms with Crippen LogP contribution in [0.25, 0.3) is 27.8 Å². The van der Waals surface area contributed by atoms with E-state index in [1.165, 1.54) is 0 Å². The number of rotatable bonds is 3. The number of hydrogen-bond acceptors (Lipinski definition) is 3. The number of hydrogen-bond donors (Lipinski definition) is 1. The normalized spacial score (nSPS) is 11.0. The Morgan fingerprint density at radius 3 is 2.90 bits per heavy atom. The first-order valence-electron chi connectivity index (χ1n) is 6.15. The summed E-state index contributed by atoms with van der Waals surface area (Å²) in [5.41, 5.74) is 1.78. The van der Waals surface area contributed by atoms with Crippen LogP contribution in [0.1, 0.15) is 0 Å². The summed E-state index contributed by atoms with van der Waals surface area (Å²) in [6, 6.07) is 11.8. The van der Waals surface area contributed by atoms with Gasteiger partial charge in [-0.25, -0.2) is 4.98 Å². The van der Waals surface area contributed by atoms with Gasteiger partial charge in [-0.05, 0) is 35.7 Å². The minimum atomic E-state index is 0.745. The molecule has 0 spiro atoms. The van der Waals surface area contributed by atoms with Crippen LogP contribution in [0.3, 0.4) is 0 Å². The van der Waals surface area contributed by atoms with Gasteiger partial charge in [0.2, 0.25) is 0 Å². The van der Waals surface area contributed by atoms with Crippen LogP contribution in [0.2, 0.25) is 0 Å². The van der Waals surface area contributed by atoms with E-state index in [-0.39, 0.29) is 0 Å². The van der Waals surface area contributed by atoms with Gasteiger partial charge in [0.05, 0.1) is 16.8 Å². The number of nitrogens with one attached hydrogen (secondary N) is 1. The summed E-state index contributed by atoms with van der Waals surface area (Å²) < 4.78 is 7.41. The Kier molecular flexibility index (Phi) is 2.57. The first-order valence-corrected chi connectivity index (χ1v) is 7.03. The highest BCUT2D eigenvalue weighted by molar-refractivity contribution is 7.13. The smallest absolute Gasteiger partial charge is 0.183 e. The van der Waals surface area contributed by atoms with Crippen molar-refractivity contribution in [2.45, 2.75) is 0 Å². The molecule has 4 aromatic rings. The van der Waals surface area contributed by atoms with Crippen LogP contribution in [-0.2, 0) is 0 Å². The van der Waals surface area contributed by atoms with Crippen molar-refractivity contribution in [3.63, 3.8) is 0 Å². The molecular weight excluding hydrogens is 270 g/mol. The second-order valence-electron chi connectivity index (χ2n) is 4.25. The summed E-state index contributed by atoms with van der Waals surface area (Å²) in [5, 5.41) is 2.05. The van der Waals surface area contributed by atoms with E-state index in [9.17, 15) is 0 Å². The molecule has 0 saturated heterocycles. The van der Waals surface area contributed by atoms with Crippen LogP contribution in [0.15, 0.2) is 58.7 Å². The lowest BCUT2D eigenvalue weighted by molar-refractivity contribution is 0.580. The number of aromatic nitrogens is 3. The SMILES string of the molecule is [c]1nc(-c2ccco2)c(-c2cccs2)n1-c1ccc[nH]1. The van der Waals surface area contributed by atoms with Gasteiger partial charge < -0.3 is 9.40 Å². The quantitative estimate of drug-likeness (QED) is 0.617. The van der Waals surface area contributed by atoms with Crippen molar-refractivity contribution in [2.24, 2.45) is 0 Å². The van der Waals surface area contributed by atoms with E-state index in [1.807, 2.05) is 46.5 Å². The predicted octanol–water partition coefficient (Wildman–Crippen LogP) is 3.99. The van der Waals surface area contributed by atoms with Crippen LogP contribution >= 0.6 is 11.3 Å². The van der Waals surface area contributed by atoms with Gasteiger partial charge in [0.15, 0.2) is 12.1 Å². The first-order chi connectivity index (χ1) is 9.93. The van der Waals surface area contributed by atoms with Crippen molar-refractivity contribution in [2.75, 3.05) is 0 Å². The van der Waals surface area contributed by atoms with E-state index in [4.69, 9.17) is 4.42 Å². The van der Waals surface area contributed by atoms with Crippen molar-refractivity contribution in [1.29, 1.82) is 0 Å². The Bertz CT molecular complexity index is 744. The lowest BCUT2D eigenvalue weighted by atomic mass is 10.2. The third-order valence-corrected chi connectivity index (χ3v) is 3.92. The Balaban J connectivity index is 1.98. The highest BCUT2D eigenvalue weighted by Crippen LogP contribution is 2.35. The minimum Gasteiger partial charge on any atom is -0.463 e. The zero-order valence-corrected chi connectivity index (χ0v) is 11.2. The molecule has 4 aromatic heterocycles. The topological polar surface area (TPSA) is 46.8 Å². The molecule has 0 saturated carbocycles. The van der Waals surface area contributed by atoms with Crippen molar-refractivity contribution < 1.29 is 4.42 Å². The fraction of sp³-hybridized carbons (Fsp3) is 0. The van der Waals surface area contributed by atoms with Crippen molar-refractivity contribution in [1.82, 2.24) is 14.5 Å². The van der Waals surface area contributed by atoms with Crippen LogP contribution < -0.4 is 0 Å². The van der Waals surface area contributed by atoms with Crippen molar-refractivity contribution in [3.05, 3.63) is 60.6 Å². The molecular formula is C15H10N3OS. The van der Waals surface area contributed by atoms with Crippen molar-refractivity contribution in [3.8, 4) is 27.8 Å².